The molecule has 2 bridgehead atoms. The molecule has 2 aromatic carbocycles. The van der Waals surface area contributed by atoms with Crippen LogP contribution in [0.3, 0.4) is 0 Å². The summed E-state index contributed by atoms with van der Waals surface area (Å²) in [7, 11) is 0. The highest BCUT2D eigenvalue weighted by Crippen LogP contribution is 2.37. The fourth-order valence-electron chi connectivity index (χ4n) is 3.99. The molecule has 2 aliphatic rings. The van der Waals surface area contributed by atoms with Gasteiger partial charge in [-0.25, -0.2) is 0 Å². The summed E-state index contributed by atoms with van der Waals surface area (Å²) < 4.78 is 5.78. The summed E-state index contributed by atoms with van der Waals surface area (Å²) in [6.45, 7) is 0. The number of benzene rings is 2. The molecule has 134 valence electrons. The predicted molar refractivity (Wildman–Crippen MR) is 97.8 cm³/mol. The third-order valence-electron chi connectivity index (χ3n) is 5.28. The molecule has 6 nitrogen and oxygen atoms in total. The molecule has 0 unspecified atom stereocenters. The number of hydrogen-bond acceptors (Lipinski definition) is 5. The van der Waals surface area contributed by atoms with Crippen LogP contribution in [0.5, 0.6) is 11.5 Å². The van der Waals surface area contributed by atoms with E-state index < -0.39 is 0 Å². The molecule has 0 aliphatic carbocycles. The minimum Gasteiger partial charge on any atom is -0.457 e. The third kappa shape index (κ3) is 3.30. The number of ether oxygens (including phenoxy) is 1. The van der Waals surface area contributed by atoms with Crippen molar-refractivity contribution in [3.63, 3.8) is 0 Å². The van der Waals surface area contributed by atoms with Crippen LogP contribution in [0.2, 0.25) is 0 Å². The second kappa shape index (κ2) is 7.01. The summed E-state index contributed by atoms with van der Waals surface area (Å²) in [4.78, 5) is 14.5. The Balaban J connectivity index is 1.43. The zero-order valence-electron chi connectivity index (χ0n) is 14.6. The highest BCUT2D eigenvalue weighted by atomic mass is 16.5. The first-order chi connectivity index (χ1) is 13.2. The molecular formula is C21H18N4O2. The Morgan fingerprint density at radius 2 is 1.93 bits per heavy atom. The highest BCUT2D eigenvalue weighted by Gasteiger charge is 2.46. The lowest BCUT2D eigenvalue weighted by molar-refractivity contribution is 0.0928. The minimum absolute atomic E-state index is 0.0130. The number of fused-ring (bicyclic) bond motifs is 2. The fourth-order valence-corrected chi connectivity index (χ4v) is 3.99. The van der Waals surface area contributed by atoms with Crippen LogP contribution in [0.4, 0.5) is 0 Å². The Labute approximate surface area is 157 Å². The van der Waals surface area contributed by atoms with Gasteiger partial charge in [0.1, 0.15) is 11.5 Å². The van der Waals surface area contributed by atoms with E-state index >= 15 is 0 Å². The van der Waals surface area contributed by atoms with Crippen molar-refractivity contribution in [1.29, 1.82) is 10.5 Å². The largest absolute Gasteiger partial charge is 0.457 e. The molecule has 3 atom stereocenters. The van der Waals surface area contributed by atoms with E-state index in [4.69, 9.17) is 10.00 Å². The summed E-state index contributed by atoms with van der Waals surface area (Å²) in [6.07, 6.45) is 5.06. The second-order valence-corrected chi connectivity index (χ2v) is 6.89. The lowest BCUT2D eigenvalue weighted by Crippen LogP contribution is -2.43. The van der Waals surface area contributed by atoms with E-state index in [1.165, 1.54) is 0 Å². The zero-order valence-corrected chi connectivity index (χ0v) is 14.6. The van der Waals surface area contributed by atoms with E-state index in [9.17, 15) is 10.1 Å². The highest BCUT2D eigenvalue weighted by molar-refractivity contribution is 5.94. The van der Waals surface area contributed by atoms with Crippen LogP contribution in [0.25, 0.3) is 0 Å². The number of carbonyl (C=O) groups is 1. The molecule has 6 heteroatoms. The number of carbonyl (C=O) groups excluding carboxylic acids is 1. The van der Waals surface area contributed by atoms with Crippen molar-refractivity contribution in [3.8, 4) is 23.8 Å². The lowest BCUT2D eigenvalue weighted by Gasteiger charge is -2.22. The van der Waals surface area contributed by atoms with Crippen LogP contribution in [0.15, 0.2) is 48.5 Å². The van der Waals surface area contributed by atoms with Crippen LogP contribution in [-0.4, -0.2) is 28.9 Å². The molecule has 4 rings (SSSR count). The Hall–Kier alpha value is -3.51. The summed E-state index contributed by atoms with van der Waals surface area (Å²) in [5.41, 5.74) is 1.08. The molecule has 27 heavy (non-hydrogen) atoms. The normalized spacial score (nSPS) is 22.7. The number of nitrogens with one attached hydrogen (secondary N) is 1. The van der Waals surface area contributed by atoms with Gasteiger partial charge < -0.3 is 15.0 Å². The molecule has 2 saturated heterocycles. The maximum atomic E-state index is 12.7. The molecule has 2 heterocycles. The first kappa shape index (κ1) is 16.9. The fraction of sp³-hybridized carbons (Fsp3) is 0.286. The van der Waals surface area contributed by atoms with Crippen molar-refractivity contribution in [2.45, 2.75) is 37.4 Å². The van der Waals surface area contributed by atoms with E-state index in [0.29, 0.717) is 22.6 Å². The summed E-state index contributed by atoms with van der Waals surface area (Å²) in [5, 5.41) is 21.2. The van der Waals surface area contributed by atoms with Crippen molar-refractivity contribution >= 4 is 5.91 Å². The number of nitrogens with zero attached hydrogens (tertiary/aromatic N) is 3. The Morgan fingerprint density at radius 3 is 2.63 bits per heavy atom. The molecule has 0 aromatic heterocycles. The average molecular weight is 358 g/mol. The molecule has 0 spiro atoms. The molecule has 0 saturated carbocycles. The van der Waals surface area contributed by atoms with Crippen LogP contribution in [0, 0.1) is 22.8 Å². The standard InChI is InChI=1S/C21H18N4O2/c22-12-14-4-7-17(8-5-14)27-18-3-1-2-15(10-18)21(26)24-19-11-16-6-9-20(19)25(16)13-23/h1-5,7-8,10,16,19-20H,6,9,11H2,(H,24,26)/t16-,19+,20+/m0/s1. The van der Waals surface area contributed by atoms with Gasteiger partial charge in [0.05, 0.1) is 23.7 Å². The van der Waals surface area contributed by atoms with E-state index in [-0.39, 0.29) is 24.0 Å². The van der Waals surface area contributed by atoms with Gasteiger partial charge in [-0.2, -0.15) is 10.5 Å². The lowest BCUT2D eigenvalue weighted by atomic mass is 9.95. The second-order valence-electron chi connectivity index (χ2n) is 6.89. The van der Waals surface area contributed by atoms with Gasteiger partial charge in [0.2, 0.25) is 0 Å². The number of rotatable bonds is 4. The summed E-state index contributed by atoms with van der Waals surface area (Å²) >= 11 is 0. The van der Waals surface area contributed by atoms with Crippen LogP contribution < -0.4 is 10.1 Å². The molecule has 2 fully saturated rings. The Morgan fingerprint density at radius 1 is 1.11 bits per heavy atom. The van der Waals surface area contributed by atoms with E-state index in [0.717, 1.165) is 19.3 Å². The monoisotopic (exact) mass is 358 g/mol. The van der Waals surface area contributed by atoms with Crippen molar-refractivity contribution in [1.82, 2.24) is 10.2 Å². The van der Waals surface area contributed by atoms with Crippen LogP contribution >= 0.6 is 0 Å². The molecule has 1 N–H and O–H groups in total. The molecule has 2 aromatic rings. The summed E-state index contributed by atoms with van der Waals surface area (Å²) in [6, 6.07) is 16.3. The van der Waals surface area contributed by atoms with E-state index in [1.807, 2.05) is 4.90 Å². The third-order valence-corrected chi connectivity index (χ3v) is 5.28. The van der Waals surface area contributed by atoms with Gasteiger partial charge in [0, 0.05) is 11.6 Å². The number of amides is 1. The number of nitriles is 2. The smallest absolute Gasteiger partial charge is 0.251 e. The van der Waals surface area contributed by atoms with Crippen LogP contribution in [0.1, 0.15) is 35.2 Å². The molecule has 0 radical (unpaired) electrons. The van der Waals surface area contributed by atoms with E-state index in [1.54, 1.807) is 48.5 Å². The molecular weight excluding hydrogens is 340 g/mol. The van der Waals surface area contributed by atoms with E-state index in [2.05, 4.69) is 17.6 Å². The molecule has 2 aliphatic heterocycles. The van der Waals surface area contributed by atoms with Crippen molar-refractivity contribution in [2.75, 3.05) is 0 Å². The molecule has 1 amide bonds. The first-order valence-electron chi connectivity index (χ1n) is 8.95. The van der Waals surface area contributed by atoms with Gasteiger partial charge in [-0.15, -0.1) is 0 Å². The minimum atomic E-state index is -0.157. The van der Waals surface area contributed by atoms with Gasteiger partial charge in [-0.3, -0.25) is 4.79 Å². The van der Waals surface area contributed by atoms with Crippen molar-refractivity contribution in [3.05, 3.63) is 59.7 Å². The predicted octanol–water partition coefficient (Wildman–Crippen LogP) is 3.17. The quantitative estimate of drug-likeness (QED) is 0.848. The zero-order chi connectivity index (χ0) is 18.8. The number of hydrogen-bond donors (Lipinski definition) is 1. The van der Waals surface area contributed by atoms with Crippen molar-refractivity contribution < 1.29 is 9.53 Å². The topological polar surface area (TPSA) is 89.2 Å². The van der Waals surface area contributed by atoms with Crippen LogP contribution in [-0.2, 0) is 0 Å². The van der Waals surface area contributed by atoms with Gasteiger partial charge >= 0.3 is 0 Å². The average Bonchev–Trinajstić information content (AvgIpc) is 3.25. The first-order valence-corrected chi connectivity index (χ1v) is 8.95. The maximum absolute atomic E-state index is 12.7. The van der Waals surface area contributed by atoms with Crippen molar-refractivity contribution in [2.24, 2.45) is 0 Å². The maximum Gasteiger partial charge on any atom is 0.251 e. The van der Waals surface area contributed by atoms with Gasteiger partial charge in [-0.05, 0) is 61.7 Å². The van der Waals surface area contributed by atoms with Gasteiger partial charge in [0.15, 0.2) is 6.19 Å². The van der Waals surface area contributed by atoms with Gasteiger partial charge in [0.25, 0.3) is 5.91 Å². The Bertz CT molecular complexity index is 942. The SMILES string of the molecule is N#Cc1ccc(Oc2cccc(C(=O)N[C@@H]3C[C@@H]4CC[C@H]3N4C#N)c2)cc1. The summed E-state index contributed by atoms with van der Waals surface area (Å²) in [5.74, 6) is 0.999. The Kier molecular flexibility index (Phi) is 4.40. The van der Waals surface area contributed by atoms with Gasteiger partial charge in [-0.1, -0.05) is 6.07 Å².